The molecule has 0 saturated carbocycles. The van der Waals surface area contributed by atoms with Crippen molar-refractivity contribution in [2.75, 3.05) is 25.0 Å². The van der Waals surface area contributed by atoms with Gasteiger partial charge in [-0.05, 0) is 43.2 Å². The number of ether oxygens (including phenoxy) is 1. The molecule has 3 rings (SSSR count). The lowest BCUT2D eigenvalue weighted by atomic mass is 10.2. The van der Waals surface area contributed by atoms with Crippen molar-refractivity contribution in [3.8, 4) is 11.5 Å². The van der Waals surface area contributed by atoms with Crippen molar-refractivity contribution in [1.29, 1.82) is 0 Å². The number of carbonyl (C=O) groups is 2. The van der Waals surface area contributed by atoms with E-state index in [0.717, 1.165) is 25.0 Å². The molecule has 0 unspecified atom stereocenters. The maximum absolute atomic E-state index is 12.6. The third-order valence-electron chi connectivity index (χ3n) is 4.36. The van der Waals surface area contributed by atoms with Gasteiger partial charge in [0, 0.05) is 24.8 Å². The minimum absolute atomic E-state index is 0.0724. The topological polar surface area (TPSA) is 133 Å². The van der Waals surface area contributed by atoms with Gasteiger partial charge in [0.1, 0.15) is 17.1 Å². The summed E-state index contributed by atoms with van der Waals surface area (Å²) < 4.78 is 31.5. The summed E-state index contributed by atoms with van der Waals surface area (Å²) >= 11 is 0. The number of amides is 1. The first kappa shape index (κ1) is 20.6. The fourth-order valence-electron chi connectivity index (χ4n) is 2.91. The van der Waals surface area contributed by atoms with E-state index in [1.54, 1.807) is 0 Å². The molecule has 0 aliphatic carbocycles. The fourth-order valence-corrected chi connectivity index (χ4v) is 4.47. The molecule has 154 valence electrons. The Morgan fingerprint density at radius 1 is 1.07 bits per heavy atom. The number of nitrogens with one attached hydrogen (secondary N) is 1. The first-order chi connectivity index (χ1) is 13.8. The predicted octanol–water partition coefficient (Wildman–Crippen LogP) is 1.68. The van der Waals surface area contributed by atoms with E-state index in [0.29, 0.717) is 13.1 Å². The molecule has 0 atom stereocenters. The van der Waals surface area contributed by atoms with Crippen LogP contribution >= 0.6 is 0 Å². The van der Waals surface area contributed by atoms with Gasteiger partial charge in [-0.25, -0.2) is 13.2 Å². The summed E-state index contributed by atoms with van der Waals surface area (Å²) in [5, 5.41) is 21.3. The van der Waals surface area contributed by atoms with Crippen molar-refractivity contribution in [1.82, 2.24) is 4.31 Å². The number of benzene rings is 2. The van der Waals surface area contributed by atoms with Crippen molar-refractivity contribution in [2.24, 2.45) is 0 Å². The predicted molar refractivity (Wildman–Crippen MR) is 103 cm³/mol. The first-order valence-electron chi connectivity index (χ1n) is 8.86. The van der Waals surface area contributed by atoms with Crippen LogP contribution in [0.1, 0.15) is 23.2 Å². The smallest absolute Gasteiger partial charge is 0.342 e. The number of phenols is 2. The lowest BCUT2D eigenvalue weighted by Gasteiger charge is -2.16. The van der Waals surface area contributed by atoms with Crippen LogP contribution in [0.2, 0.25) is 0 Å². The SMILES string of the molecule is O=C(COC(=O)c1ccc(O)cc1O)Nc1cccc(S(=O)(=O)N2CCCC2)c1. The lowest BCUT2D eigenvalue weighted by molar-refractivity contribution is -0.119. The molecular formula is C19H20N2O7S. The van der Waals surface area contributed by atoms with Gasteiger partial charge < -0.3 is 20.3 Å². The zero-order valence-corrected chi connectivity index (χ0v) is 16.2. The van der Waals surface area contributed by atoms with Crippen LogP contribution in [0.5, 0.6) is 11.5 Å². The molecule has 29 heavy (non-hydrogen) atoms. The number of phenolic OH excluding ortho intramolecular Hbond substituents is 2. The number of esters is 1. The molecule has 1 aliphatic rings. The summed E-state index contributed by atoms with van der Waals surface area (Å²) in [7, 11) is -3.62. The summed E-state index contributed by atoms with van der Waals surface area (Å²) in [5.74, 6) is -2.31. The number of aromatic hydroxyl groups is 2. The number of nitrogens with zero attached hydrogens (tertiary/aromatic N) is 1. The lowest BCUT2D eigenvalue weighted by Crippen LogP contribution is -2.28. The van der Waals surface area contributed by atoms with E-state index in [-0.39, 0.29) is 21.9 Å². The Kier molecular flexibility index (Phi) is 6.04. The number of anilines is 1. The van der Waals surface area contributed by atoms with Crippen LogP contribution in [0.15, 0.2) is 47.4 Å². The summed E-state index contributed by atoms with van der Waals surface area (Å²) in [4.78, 5) is 24.1. The van der Waals surface area contributed by atoms with Gasteiger partial charge in [0.15, 0.2) is 6.61 Å². The molecule has 1 saturated heterocycles. The first-order valence-corrected chi connectivity index (χ1v) is 10.3. The second-order valence-electron chi connectivity index (χ2n) is 6.46. The maximum Gasteiger partial charge on any atom is 0.342 e. The molecule has 0 bridgehead atoms. The largest absolute Gasteiger partial charge is 0.508 e. The van der Waals surface area contributed by atoms with Gasteiger partial charge in [-0.3, -0.25) is 4.79 Å². The molecule has 0 aromatic heterocycles. The molecule has 0 spiro atoms. The number of hydrogen-bond acceptors (Lipinski definition) is 7. The molecule has 10 heteroatoms. The molecule has 2 aromatic rings. The average Bonchev–Trinajstić information content (AvgIpc) is 3.22. The van der Waals surface area contributed by atoms with Crippen molar-refractivity contribution < 1.29 is 33.0 Å². The second-order valence-corrected chi connectivity index (χ2v) is 8.40. The monoisotopic (exact) mass is 420 g/mol. The van der Waals surface area contributed by atoms with Crippen LogP contribution in [-0.2, 0) is 19.6 Å². The van der Waals surface area contributed by atoms with Gasteiger partial charge in [-0.15, -0.1) is 0 Å². The highest BCUT2D eigenvalue weighted by molar-refractivity contribution is 7.89. The average molecular weight is 420 g/mol. The third-order valence-corrected chi connectivity index (χ3v) is 6.25. The summed E-state index contributed by atoms with van der Waals surface area (Å²) in [6.07, 6.45) is 1.63. The molecule has 1 heterocycles. The summed E-state index contributed by atoms with van der Waals surface area (Å²) in [6.45, 7) is 0.306. The quantitative estimate of drug-likeness (QED) is 0.606. The molecule has 1 amide bonds. The Balaban J connectivity index is 1.61. The normalized spacial score (nSPS) is 14.5. The number of sulfonamides is 1. The molecule has 1 aliphatic heterocycles. The van der Waals surface area contributed by atoms with Gasteiger partial charge in [0.05, 0.1) is 4.90 Å². The van der Waals surface area contributed by atoms with E-state index >= 15 is 0 Å². The van der Waals surface area contributed by atoms with Crippen LogP contribution < -0.4 is 5.32 Å². The van der Waals surface area contributed by atoms with Crippen LogP contribution in [0.4, 0.5) is 5.69 Å². The standard InChI is InChI=1S/C19H20N2O7S/c22-14-6-7-16(17(23)11-14)19(25)28-12-18(24)20-13-4-3-5-15(10-13)29(26,27)21-8-1-2-9-21/h3-7,10-11,22-23H,1-2,8-9,12H2,(H,20,24). The highest BCUT2D eigenvalue weighted by Gasteiger charge is 2.27. The molecule has 2 aromatic carbocycles. The molecule has 9 nitrogen and oxygen atoms in total. The minimum Gasteiger partial charge on any atom is -0.508 e. The zero-order chi connectivity index (χ0) is 21.0. The van der Waals surface area contributed by atoms with Gasteiger partial charge in [0.2, 0.25) is 10.0 Å². The van der Waals surface area contributed by atoms with E-state index in [9.17, 15) is 28.2 Å². The fraction of sp³-hybridized carbons (Fsp3) is 0.263. The summed E-state index contributed by atoms with van der Waals surface area (Å²) in [6, 6.07) is 9.17. The van der Waals surface area contributed by atoms with Crippen LogP contribution in [0.25, 0.3) is 0 Å². The maximum atomic E-state index is 12.6. The van der Waals surface area contributed by atoms with E-state index in [1.807, 2.05) is 0 Å². The van der Waals surface area contributed by atoms with Crippen molar-refractivity contribution in [3.05, 3.63) is 48.0 Å². The molecule has 1 fully saturated rings. The molecule has 3 N–H and O–H groups in total. The Hall–Kier alpha value is -3.11. The van der Waals surface area contributed by atoms with E-state index in [4.69, 9.17) is 4.74 Å². The van der Waals surface area contributed by atoms with Crippen LogP contribution in [0, 0.1) is 0 Å². The Bertz CT molecular complexity index is 1030. The molecular weight excluding hydrogens is 400 g/mol. The van der Waals surface area contributed by atoms with Gasteiger partial charge in [0.25, 0.3) is 5.91 Å². The van der Waals surface area contributed by atoms with Crippen molar-refractivity contribution in [3.63, 3.8) is 0 Å². The number of rotatable bonds is 6. The highest BCUT2D eigenvalue weighted by atomic mass is 32.2. The Morgan fingerprint density at radius 3 is 2.48 bits per heavy atom. The van der Waals surface area contributed by atoms with E-state index in [1.165, 1.54) is 34.6 Å². The van der Waals surface area contributed by atoms with Crippen LogP contribution in [-0.4, -0.2) is 54.5 Å². The summed E-state index contributed by atoms with van der Waals surface area (Å²) in [5.41, 5.74) is 0.0492. The van der Waals surface area contributed by atoms with Gasteiger partial charge >= 0.3 is 5.97 Å². The van der Waals surface area contributed by atoms with Gasteiger partial charge in [-0.1, -0.05) is 6.07 Å². The third kappa shape index (κ3) is 4.84. The zero-order valence-electron chi connectivity index (χ0n) is 15.4. The second kappa shape index (κ2) is 8.50. The number of hydrogen-bond donors (Lipinski definition) is 3. The van der Waals surface area contributed by atoms with E-state index < -0.39 is 34.3 Å². The van der Waals surface area contributed by atoms with Crippen LogP contribution in [0.3, 0.4) is 0 Å². The Labute approximate surface area is 167 Å². The Morgan fingerprint density at radius 2 is 1.79 bits per heavy atom. The minimum atomic E-state index is -3.62. The molecule has 0 radical (unpaired) electrons. The van der Waals surface area contributed by atoms with Crippen molar-refractivity contribution in [2.45, 2.75) is 17.7 Å². The van der Waals surface area contributed by atoms with Gasteiger partial charge in [-0.2, -0.15) is 4.31 Å². The van der Waals surface area contributed by atoms with Crippen molar-refractivity contribution >= 4 is 27.6 Å². The number of carbonyl (C=O) groups excluding carboxylic acids is 2. The van der Waals surface area contributed by atoms with E-state index in [2.05, 4.69) is 5.32 Å². The highest BCUT2D eigenvalue weighted by Crippen LogP contribution is 2.24.